The van der Waals surface area contributed by atoms with E-state index in [9.17, 15) is 9.59 Å². The number of likely N-dealkylation sites (N-methyl/N-ethyl adjacent to an activating group) is 1. The third-order valence-electron chi connectivity index (χ3n) is 3.78. The summed E-state index contributed by atoms with van der Waals surface area (Å²) in [7, 11) is 0. The first-order chi connectivity index (χ1) is 11.2. The second-order valence-corrected chi connectivity index (χ2v) is 5.29. The Morgan fingerprint density at radius 3 is 2.70 bits per heavy atom. The van der Waals surface area contributed by atoms with Crippen LogP contribution >= 0.6 is 0 Å². The molecule has 23 heavy (non-hydrogen) atoms. The highest BCUT2D eigenvalue weighted by molar-refractivity contribution is 5.76. The number of fused-ring (bicyclic) bond motifs is 1. The van der Waals surface area contributed by atoms with Crippen molar-refractivity contribution in [1.29, 1.82) is 0 Å². The molecular formula is C17H18N4O2. The molecule has 0 atom stereocenters. The molecule has 2 heterocycles. The van der Waals surface area contributed by atoms with E-state index in [2.05, 4.69) is 5.10 Å². The number of rotatable bonds is 5. The molecule has 2 aromatic heterocycles. The third-order valence-corrected chi connectivity index (χ3v) is 3.78. The topological polar surface area (TPSA) is 59.6 Å². The molecule has 0 aliphatic heterocycles. The summed E-state index contributed by atoms with van der Waals surface area (Å²) in [5, 5.41) is 4.06. The van der Waals surface area contributed by atoms with E-state index >= 15 is 0 Å². The number of nitrogens with zero attached hydrogens (tertiary/aromatic N) is 4. The minimum absolute atomic E-state index is 0.0544. The van der Waals surface area contributed by atoms with Crippen LogP contribution in [0.1, 0.15) is 12.5 Å². The molecule has 6 nitrogen and oxygen atoms in total. The Morgan fingerprint density at radius 1 is 1.17 bits per heavy atom. The van der Waals surface area contributed by atoms with Crippen molar-refractivity contribution in [1.82, 2.24) is 19.1 Å². The summed E-state index contributed by atoms with van der Waals surface area (Å²) >= 11 is 0. The SMILES string of the molecule is CCN(Cc1ccccc1)C(=O)Cn1ncn2cccc2c1=O. The lowest BCUT2D eigenvalue weighted by Crippen LogP contribution is -2.37. The maximum Gasteiger partial charge on any atom is 0.291 e. The van der Waals surface area contributed by atoms with Crippen molar-refractivity contribution in [3.8, 4) is 0 Å². The van der Waals surface area contributed by atoms with E-state index in [0.29, 0.717) is 18.6 Å². The molecule has 118 valence electrons. The van der Waals surface area contributed by atoms with E-state index < -0.39 is 0 Å². The van der Waals surface area contributed by atoms with Crippen LogP contribution in [-0.4, -0.2) is 31.5 Å². The molecule has 6 heteroatoms. The summed E-state index contributed by atoms with van der Waals surface area (Å²) in [4.78, 5) is 26.5. The smallest absolute Gasteiger partial charge is 0.291 e. The molecule has 0 N–H and O–H groups in total. The molecule has 0 saturated carbocycles. The van der Waals surface area contributed by atoms with E-state index in [1.807, 2.05) is 37.3 Å². The van der Waals surface area contributed by atoms with Gasteiger partial charge in [0.25, 0.3) is 5.56 Å². The number of hydrogen-bond donors (Lipinski definition) is 0. The monoisotopic (exact) mass is 310 g/mol. The Kier molecular flexibility index (Phi) is 4.23. The van der Waals surface area contributed by atoms with E-state index in [4.69, 9.17) is 0 Å². The molecule has 3 aromatic rings. The number of carbonyl (C=O) groups is 1. The molecule has 0 bridgehead atoms. The first kappa shape index (κ1) is 15.0. The van der Waals surface area contributed by atoms with Gasteiger partial charge >= 0.3 is 0 Å². The summed E-state index contributed by atoms with van der Waals surface area (Å²) in [5.74, 6) is -0.123. The van der Waals surface area contributed by atoms with Crippen molar-refractivity contribution in [3.63, 3.8) is 0 Å². The number of aromatic nitrogens is 3. The van der Waals surface area contributed by atoms with Crippen LogP contribution < -0.4 is 5.56 Å². The summed E-state index contributed by atoms with van der Waals surface area (Å²) in [6.45, 7) is 2.97. The van der Waals surface area contributed by atoms with E-state index in [1.54, 1.807) is 27.6 Å². The molecular weight excluding hydrogens is 292 g/mol. The predicted octanol–water partition coefficient (Wildman–Crippen LogP) is 1.54. The fourth-order valence-electron chi connectivity index (χ4n) is 2.50. The van der Waals surface area contributed by atoms with Crippen LogP contribution in [0.15, 0.2) is 59.8 Å². The Labute approximate surface area is 133 Å². The fraction of sp³-hybridized carbons (Fsp3) is 0.235. The Morgan fingerprint density at radius 2 is 1.96 bits per heavy atom. The normalized spacial score (nSPS) is 10.8. The Bertz CT molecular complexity index is 867. The minimum atomic E-state index is -0.262. The van der Waals surface area contributed by atoms with Crippen molar-refractivity contribution in [3.05, 3.63) is 70.9 Å². The highest BCUT2D eigenvalue weighted by Crippen LogP contribution is 2.05. The molecule has 0 saturated heterocycles. The van der Waals surface area contributed by atoms with Gasteiger partial charge in [-0.2, -0.15) is 5.10 Å². The first-order valence-electron chi connectivity index (χ1n) is 7.53. The van der Waals surface area contributed by atoms with Crippen LogP contribution in [0.3, 0.4) is 0 Å². The van der Waals surface area contributed by atoms with Gasteiger partial charge in [-0.3, -0.25) is 9.59 Å². The average Bonchev–Trinajstić information content (AvgIpc) is 3.05. The summed E-state index contributed by atoms with van der Waals surface area (Å²) in [5.41, 5.74) is 1.31. The average molecular weight is 310 g/mol. The molecule has 1 amide bonds. The van der Waals surface area contributed by atoms with Gasteiger partial charge in [-0.25, -0.2) is 4.68 Å². The van der Waals surface area contributed by atoms with Crippen LogP contribution in [0.25, 0.3) is 5.52 Å². The number of benzene rings is 1. The van der Waals surface area contributed by atoms with Gasteiger partial charge in [-0.15, -0.1) is 0 Å². The van der Waals surface area contributed by atoms with Crippen LogP contribution in [0.4, 0.5) is 0 Å². The molecule has 0 fully saturated rings. The number of amides is 1. The molecule has 0 radical (unpaired) electrons. The van der Waals surface area contributed by atoms with Crippen molar-refractivity contribution in [2.75, 3.05) is 6.54 Å². The largest absolute Gasteiger partial charge is 0.337 e. The summed E-state index contributed by atoms with van der Waals surface area (Å²) in [6, 6.07) is 13.3. The lowest BCUT2D eigenvalue weighted by atomic mass is 10.2. The van der Waals surface area contributed by atoms with Crippen molar-refractivity contribution < 1.29 is 4.79 Å². The second-order valence-electron chi connectivity index (χ2n) is 5.29. The van der Waals surface area contributed by atoms with Gasteiger partial charge in [0, 0.05) is 19.3 Å². The van der Waals surface area contributed by atoms with Crippen LogP contribution in [0.2, 0.25) is 0 Å². The molecule has 0 unspecified atom stereocenters. The van der Waals surface area contributed by atoms with Crippen LogP contribution in [-0.2, 0) is 17.9 Å². The van der Waals surface area contributed by atoms with Gasteiger partial charge in [0.1, 0.15) is 18.4 Å². The van der Waals surface area contributed by atoms with Crippen LogP contribution in [0.5, 0.6) is 0 Å². The standard InChI is InChI=1S/C17H18N4O2/c1-2-19(11-14-7-4-3-5-8-14)16(22)12-21-17(23)15-9-6-10-20(15)13-18-21/h3-10,13H,2,11-12H2,1H3. The van der Waals surface area contributed by atoms with Gasteiger partial charge in [0.15, 0.2) is 0 Å². The molecule has 0 spiro atoms. The van der Waals surface area contributed by atoms with Crippen LogP contribution in [0, 0.1) is 0 Å². The van der Waals surface area contributed by atoms with E-state index in [1.165, 1.54) is 11.0 Å². The summed E-state index contributed by atoms with van der Waals surface area (Å²) < 4.78 is 2.86. The number of hydrogen-bond acceptors (Lipinski definition) is 3. The quantitative estimate of drug-likeness (QED) is 0.718. The van der Waals surface area contributed by atoms with E-state index in [-0.39, 0.29) is 18.0 Å². The summed E-state index contributed by atoms with van der Waals surface area (Å²) in [6.07, 6.45) is 3.29. The molecule has 0 aliphatic rings. The molecule has 3 rings (SSSR count). The number of carbonyl (C=O) groups excluding carboxylic acids is 1. The van der Waals surface area contributed by atoms with Gasteiger partial charge < -0.3 is 9.30 Å². The van der Waals surface area contributed by atoms with Crippen molar-refractivity contribution >= 4 is 11.4 Å². The second kappa shape index (κ2) is 6.48. The molecule has 1 aromatic carbocycles. The van der Waals surface area contributed by atoms with Gasteiger partial charge in [-0.1, -0.05) is 30.3 Å². The maximum absolute atomic E-state index is 12.5. The Balaban J connectivity index is 1.78. The van der Waals surface area contributed by atoms with Crippen molar-refractivity contribution in [2.45, 2.75) is 20.0 Å². The zero-order valence-corrected chi connectivity index (χ0v) is 12.9. The molecule has 0 aliphatic carbocycles. The highest BCUT2D eigenvalue weighted by Gasteiger charge is 2.15. The van der Waals surface area contributed by atoms with Gasteiger partial charge in [-0.05, 0) is 24.6 Å². The Hall–Kier alpha value is -2.89. The van der Waals surface area contributed by atoms with Crippen molar-refractivity contribution in [2.24, 2.45) is 0 Å². The lowest BCUT2D eigenvalue weighted by molar-refractivity contribution is -0.132. The fourth-order valence-corrected chi connectivity index (χ4v) is 2.50. The minimum Gasteiger partial charge on any atom is -0.337 e. The lowest BCUT2D eigenvalue weighted by Gasteiger charge is -2.21. The third kappa shape index (κ3) is 3.15. The predicted molar refractivity (Wildman–Crippen MR) is 87.0 cm³/mol. The van der Waals surface area contributed by atoms with E-state index in [0.717, 1.165) is 5.56 Å². The zero-order valence-electron chi connectivity index (χ0n) is 12.9. The zero-order chi connectivity index (χ0) is 16.2. The van der Waals surface area contributed by atoms with Gasteiger partial charge in [0.2, 0.25) is 5.91 Å². The highest BCUT2D eigenvalue weighted by atomic mass is 16.2. The maximum atomic E-state index is 12.5. The van der Waals surface area contributed by atoms with Gasteiger partial charge in [0.05, 0.1) is 0 Å². The first-order valence-corrected chi connectivity index (χ1v) is 7.53.